The van der Waals surface area contributed by atoms with Crippen LogP contribution in [0.4, 0.5) is 11.6 Å². The highest BCUT2D eigenvalue weighted by atomic mass is 32.2. The molecule has 1 atom stereocenters. The van der Waals surface area contributed by atoms with E-state index in [2.05, 4.69) is 39.1 Å². The number of nitrogens with one attached hydrogen (secondary N) is 1. The maximum Gasteiger partial charge on any atom is 0.191 e. The van der Waals surface area contributed by atoms with E-state index >= 15 is 0 Å². The van der Waals surface area contributed by atoms with Gasteiger partial charge < -0.3 is 15.1 Å². The Bertz CT molecular complexity index is 389. The molecule has 6 heteroatoms. The quantitative estimate of drug-likeness (QED) is 0.659. The van der Waals surface area contributed by atoms with Crippen molar-refractivity contribution < 1.29 is 0 Å². The van der Waals surface area contributed by atoms with Gasteiger partial charge in [0, 0.05) is 38.8 Å². The number of hydrogen-bond donors (Lipinski definition) is 1. The summed E-state index contributed by atoms with van der Waals surface area (Å²) in [4.78, 5) is 13.7. The van der Waals surface area contributed by atoms with E-state index in [4.69, 9.17) is 0 Å². The summed E-state index contributed by atoms with van der Waals surface area (Å²) in [6.45, 7) is 5.37. The molecule has 1 aliphatic rings. The molecular formula is C12H21N5S. The minimum Gasteiger partial charge on any atom is -0.373 e. The summed E-state index contributed by atoms with van der Waals surface area (Å²) in [5.74, 6) is 1.91. The second-order valence-corrected chi connectivity index (χ2v) is 5.40. The van der Waals surface area contributed by atoms with Gasteiger partial charge >= 0.3 is 0 Å². The zero-order chi connectivity index (χ0) is 13.1. The van der Waals surface area contributed by atoms with Crippen LogP contribution in [0.25, 0.3) is 0 Å². The molecule has 1 aromatic rings. The molecule has 1 aromatic heterocycles. The second-order valence-electron chi connectivity index (χ2n) is 4.62. The lowest BCUT2D eigenvalue weighted by Crippen LogP contribution is -2.50. The molecule has 0 amide bonds. The molecule has 1 aliphatic heterocycles. The minimum atomic E-state index is 0.560. The molecule has 0 spiro atoms. The SMILES string of the molecule is CNc1cc(N2CCN(C)C(C)C2)nc(SC)n1. The van der Waals surface area contributed by atoms with Crippen LogP contribution in [0, 0.1) is 0 Å². The van der Waals surface area contributed by atoms with Gasteiger partial charge in [-0.3, -0.25) is 0 Å². The number of hydrogen-bond acceptors (Lipinski definition) is 6. The summed E-state index contributed by atoms with van der Waals surface area (Å²) >= 11 is 1.58. The van der Waals surface area contributed by atoms with Crippen molar-refractivity contribution in [1.82, 2.24) is 14.9 Å². The molecule has 0 aromatic carbocycles. The molecule has 5 nitrogen and oxygen atoms in total. The molecule has 0 radical (unpaired) electrons. The number of nitrogens with zero attached hydrogens (tertiary/aromatic N) is 4. The fraction of sp³-hybridized carbons (Fsp3) is 0.667. The molecule has 0 bridgehead atoms. The number of aromatic nitrogens is 2. The predicted molar refractivity (Wildman–Crippen MR) is 77.7 cm³/mol. The smallest absolute Gasteiger partial charge is 0.191 e. The van der Waals surface area contributed by atoms with E-state index in [1.165, 1.54) is 0 Å². The van der Waals surface area contributed by atoms with E-state index in [9.17, 15) is 0 Å². The first-order valence-electron chi connectivity index (χ1n) is 6.20. The van der Waals surface area contributed by atoms with Crippen LogP contribution in [0.2, 0.25) is 0 Å². The molecule has 2 heterocycles. The van der Waals surface area contributed by atoms with E-state index in [1.54, 1.807) is 11.8 Å². The lowest BCUT2D eigenvalue weighted by Gasteiger charge is -2.38. The van der Waals surface area contributed by atoms with Crippen LogP contribution in [-0.4, -0.2) is 60.9 Å². The molecule has 1 fully saturated rings. The number of anilines is 2. The molecule has 18 heavy (non-hydrogen) atoms. The third kappa shape index (κ3) is 2.87. The first-order chi connectivity index (χ1) is 8.63. The summed E-state index contributed by atoms with van der Waals surface area (Å²) in [6.07, 6.45) is 2.01. The fourth-order valence-corrected chi connectivity index (χ4v) is 2.43. The van der Waals surface area contributed by atoms with Gasteiger partial charge in [-0.05, 0) is 20.2 Å². The van der Waals surface area contributed by atoms with E-state index < -0.39 is 0 Å². The summed E-state index contributed by atoms with van der Waals surface area (Å²) in [7, 11) is 4.07. The second kappa shape index (κ2) is 5.75. The molecule has 0 aliphatic carbocycles. The van der Waals surface area contributed by atoms with Crippen molar-refractivity contribution in [2.75, 3.05) is 50.2 Å². The first-order valence-corrected chi connectivity index (χ1v) is 7.42. The topological polar surface area (TPSA) is 44.3 Å². The standard InChI is InChI=1S/C12H21N5S/c1-9-8-17(6-5-16(9)3)11-7-10(13-2)14-12(15-11)18-4/h7,9H,5-6,8H2,1-4H3,(H,13,14,15). The zero-order valence-corrected chi connectivity index (χ0v) is 12.3. The first kappa shape index (κ1) is 13.4. The molecule has 100 valence electrons. The van der Waals surface area contributed by atoms with E-state index in [0.717, 1.165) is 36.4 Å². The van der Waals surface area contributed by atoms with Crippen LogP contribution in [0.1, 0.15) is 6.92 Å². The van der Waals surface area contributed by atoms with Gasteiger partial charge in [-0.25, -0.2) is 9.97 Å². The van der Waals surface area contributed by atoms with Crippen molar-refractivity contribution in [1.29, 1.82) is 0 Å². The molecule has 2 rings (SSSR count). The average molecular weight is 267 g/mol. The van der Waals surface area contributed by atoms with Gasteiger partial charge in [0.1, 0.15) is 11.6 Å². The highest BCUT2D eigenvalue weighted by Crippen LogP contribution is 2.22. The molecule has 1 saturated heterocycles. The Morgan fingerprint density at radius 3 is 2.78 bits per heavy atom. The normalized spacial score (nSPS) is 21.1. The van der Waals surface area contributed by atoms with Gasteiger partial charge in [0.2, 0.25) is 0 Å². The van der Waals surface area contributed by atoms with Gasteiger partial charge in [0.05, 0.1) is 0 Å². The van der Waals surface area contributed by atoms with Crippen LogP contribution in [0.3, 0.4) is 0 Å². The predicted octanol–water partition coefficient (Wildman–Crippen LogP) is 1.38. The highest BCUT2D eigenvalue weighted by molar-refractivity contribution is 7.98. The minimum absolute atomic E-state index is 0.560. The molecule has 1 unspecified atom stereocenters. The number of rotatable bonds is 3. The van der Waals surface area contributed by atoms with Crippen molar-refractivity contribution in [3.8, 4) is 0 Å². The van der Waals surface area contributed by atoms with E-state index in [1.807, 2.05) is 19.4 Å². The monoisotopic (exact) mass is 267 g/mol. The fourth-order valence-electron chi connectivity index (χ4n) is 2.05. The molecule has 1 N–H and O–H groups in total. The lowest BCUT2D eigenvalue weighted by atomic mass is 10.2. The Morgan fingerprint density at radius 2 is 2.17 bits per heavy atom. The van der Waals surface area contributed by atoms with Crippen LogP contribution in [-0.2, 0) is 0 Å². The maximum absolute atomic E-state index is 4.60. The number of likely N-dealkylation sites (N-methyl/N-ethyl adjacent to an activating group) is 1. The Kier molecular flexibility index (Phi) is 4.29. The summed E-state index contributed by atoms with van der Waals surface area (Å²) < 4.78 is 0. The van der Waals surface area contributed by atoms with Crippen molar-refractivity contribution in [2.24, 2.45) is 0 Å². The van der Waals surface area contributed by atoms with Crippen LogP contribution >= 0.6 is 11.8 Å². The van der Waals surface area contributed by atoms with Crippen molar-refractivity contribution >= 4 is 23.4 Å². The van der Waals surface area contributed by atoms with Crippen LogP contribution in [0.5, 0.6) is 0 Å². The summed E-state index contributed by atoms with van der Waals surface area (Å²) in [5.41, 5.74) is 0. The van der Waals surface area contributed by atoms with E-state index in [0.29, 0.717) is 6.04 Å². The zero-order valence-electron chi connectivity index (χ0n) is 11.5. The van der Waals surface area contributed by atoms with Gasteiger partial charge in [-0.2, -0.15) is 0 Å². The third-order valence-corrected chi connectivity index (χ3v) is 3.96. The Labute approximate surface area is 113 Å². The van der Waals surface area contributed by atoms with Crippen molar-refractivity contribution in [2.45, 2.75) is 18.1 Å². The van der Waals surface area contributed by atoms with Gasteiger partial charge in [-0.15, -0.1) is 0 Å². The number of piperazine rings is 1. The van der Waals surface area contributed by atoms with Crippen LogP contribution in [0.15, 0.2) is 11.2 Å². The lowest BCUT2D eigenvalue weighted by molar-refractivity contribution is 0.233. The van der Waals surface area contributed by atoms with E-state index in [-0.39, 0.29) is 0 Å². The number of thioether (sulfide) groups is 1. The van der Waals surface area contributed by atoms with Gasteiger partial charge in [0.25, 0.3) is 0 Å². The van der Waals surface area contributed by atoms with Gasteiger partial charge in [0.15, 0.2) is 5.16 Å². The largest absolute Gasteiger partial charge is 0.373 e. The summed E-state index contributed by atoms with van der Waals surface area (Å²) in [6, 6.07) is 2.59. The van der Waals surface area contributed by atoms with Crippen molar-refractivity contribution in [3.63, 3.8) is 0 Å². The highest BCUT2D eigenvalue weighted by Gasteiger charge is 2.22. The van der Waals surface area contributed by atoms with Gasteiger partial charge in [-0.1, -0.05) is 11.8 Å². The molecule has 0 saturated carbocycles. The van der Waals surface area contributed by atoms with Crippen molar-refractivity contribution in [3.05, 3.63) is 6.07 Å². The summed E-state index contributed by atoms with van der Waals surface area (Å²) in [5, 5.41) is 3.92. The maximum atomic E-state index is 4.60. The Balaban J connectivity index is 2.22. The Morgan fingerprint density at radius 1 is 1.39 bits per heavy atom. The van der Waals surface area contributed by atoms with Crippen LogP contribution < -0.4 is 10.2 Å². The average Bonchev–Trinajstić information content (AvgIpc) is 2.41. The third-order valence-electron chi connectivity index (χ3n) is 3.41. The Hall–Kier alpha value is -1.01. The molecular weight excluding hydrogens is 246 g/mol.